The second-order valence-corrected chi connectivity index (χ2v) is 8.55. The second-order valence-electron chi connectivity index (χ2n) is 8.55. The Morgan fingerprint density at radius 2 is 2.04 bits per heavy atom. The first-order chi connectivity index (χ1) is 12.1. The van der Waals surface area contributed by atoms with Crippen LogP contribution in [0.4, 0.5) is 10.6 Å². The third-order valence-electron chi connectivity index (χ3n) is 4.98. The van der Waals surface area contributed by atoms with E-state index in [0.717, 1.165) is 13.0 Å². The summed E-state index contributed by atoms with van der Waals surface area (Å²) in [5.41, 5.74) is 0.706. The molecule has 0 N–H and O–H groups in total. The van der Waals surface area contributed by atoms with Crippen molar-refractivity contribution >= 4 is 11.9 Å². The highest BCUT2D eigenvalue weighted by molar-refractivity contribution is 5.87. The molecule has 0 saturated carbocycles. The van der Waals surface area contributed by atoms with Crippen LogP contribution in [0.3, 0.4) is 0 Å². The van der Waals surface area contributed by atoms with Gasteiger partial charge in [0.25, 0.3) is 0 Å². The van der Waals surface area contributed by atoms with Crippen LogP contribution in [0.25, 0.3) is 0 Å². The summed E-state index contributed by atoms with van der Waals surface area (Å²) in [4.78, 5) is 21.5. The zero-order valence-electron chi connectivity index (χ0n) is 17.5. The third kappa shape index (κ3) is 4.97. The van der Waals surface area contributed by atoms with E-state index in [0.29, 0.717) is 17.9 Å². The zero-order valence-corrected chi connectivity index (χ0v) is 17.5. The number of ether oxygens (including phenoxy) is 1. The number of hydrogen-bond acceptors (Lipinski definition) is 4. The number of aromatic nitrogens is 1. The molecule has 146 valence electrons. The van der Waals surface area contributed by atoms with E-state index >= 15 is 0 Å². The lowest BCUT2D eigenvalue weighted by Crippen LogP contribution is -2.42. The topological polar surface area (TPSA) is 45.7 Å². The predicted molar refractivity (Wildman–Crippen MR) is 107 cm³/mol. The standard InChI is InChI=1S/C21H35N3O2/c1-8-16(4)24(20(25)26-21(5,6)7)19-12-11-17(14-22-19)18-10-9-13-23(18)15(2)3/h11-12,14-16,18H,8-10,13H2,1-7H3/t16-,18-/m0/s1. The molecule has 2 rings (SSSR count). The fraction of sp³-hybridized carbons (Fsp3) is 0.714. The predicted octanol–water partition coefficient (Wildman–Crippen LogP) is 5.17. The van der Waals surface area contributed by atoms with E-state index in [9.17, 15) is 4.79 Å². The van der Waals surface area contributed by atoms with Crippen molar-refractivity contribution in [2.45, 2.75) is 91.5 Å². The molecule has 0 bridgehead atoms. The van der Waals surface area contributed by atoms with E-state index in [1.54, 1.807) is 4.90 Å². The van der Waals surface area contributed by atoms with Crippen LogP contribution < -0.4 is 4.90 Å². The van der Waals surface area contributed by atoms with Crippen LogP contribution in [-0.2, 0) is 4.74 Å². The first-order valence-corrected chi connectivity index (χ1v) is 9.88. The highest BCUT2D eigenvalue weighted by Gasteiger charge is 2.30. The molecule has 5 nitrogen and oxygen atoms in total. The minimum absolute atomic E-state index is 0.0295. The van der Waals surface area contributed by atoms with Gasteiger partial charge < -0.3 is 4.74 Å². The monoisotopic (exact) mass is 361 g/mol. The Labute approximate surface area is 158 Å². The second kappa shape index (κ2) is 8.38. The Balaban J connectivity index is 2.23. The summed E-state index contributed by atoms with van der Waals surface area (Å²) in [6, 6.07) is 5.06. The average molecular weight is 362 g/mol. The molecule has 2 heterocycles. The summed E-state index contributed by atoms with van der Waals surface area (Å²) >= 11 is 0. The lowest BCUT2D eigenvalue weighted by atomic mass is 10.1. The van der Waals surface area contributed by atoms with E-state index in [1.807, 2.05) is 40.0 Å². The van der Waals surface area contributed by atoms with Crippen molar-refractivity contribution in [2.24, 2.45) is 0 Å². The van der Waals surface area contributed by atoms with Gasteiger partial charge in [-0.15, -0.1) is 0 Å². The molecule has 1 aromatic heterocycles. The van der Waals surface area contributed by atoms with E-state index in [-0.39, 0.29) is 12.1 Å². The summed E-state index contributed by atoms with van der Waals surface area (Å²) < 4.78 is 5.59. The molecule has 0 unspecified atom stereocenters. The Kier molecular flexibility index (Phi) is 6.67. The summed E-state index contributed by atoms with van der Waals surface area (Å²) in [5.74, 6) is 0.659. The van der Waals surface area contributed by atoms with Crippen molar-refractivity contribution < 1.29 is 9.53 Å². The molecular weight excluding hydrogens is 326 g/mol. The Hall–Kier alpha value is -1.62. The number of rotatable bonds is 5. The Morgan fingerprint density at radius 1 is 1.35 bits per heavy atom. The van der Waals surface area contributed by atoms with Gasteiger partial charge in [0.1, 0.15) is 11.4 Å². The van der Waals surface area contributed by atoms with Crippen molar-refractivity contribution in [3.63, 3.8) is 0 Å². The summed E-state index contributed by atoms with van der Waals surface area (Å²) in [5, 5.41) is 0. The maximum Gasteiger partial charge on any atom is 0.416 e. The van der Waals surface area contributed by atoms with Gasteiger partial charge in [0.2, 0.25) is 0 Å². The number of likely N-dealkylation sites (tertiary alicyclic amines) is 1. The maximum atomic E-state index is 12.7. The minimum Gasteiger partial charge on any atom is -0.443 e. The van der Waals surface area contributed by atoms with Gasteiger partial charge in [0.15, 0.2) is 0 Å². The molecule has 2 atom stereocenters. The fourth-order valence-electron chi connectivity index (χ4n) is 3.50. The number of pyridine rings is 1. The van der Waals surface area contributed by atoms with E-state index in [1.165, 1.54) is 18.4 Å². The van der Waals surface area contributed by atoms with Gasteiger partial charge in [0.05, 0.1) is 0 Å². The number of hydrogen-bond donors (Lipinski definition) is 0. The Bertz CT molecular complexity index is 592. The van der Waals surface area contributed by atoms with Gasteiger partial charge in [-0.1, -0.05) is 13.0 Å². The van der Waals surface area contributed by atoms with Crippen LogP contribution in [-0.4, -0.2) is 40.2 Å². The maximum absolute atomic E-state index is 12.7. The molecule has 1 aliphatic heterocycles. The van der Waals surface area contributed by atoms with Gasteiger partial charge in [0, 0.05) is 24.3 Å². The first kappa shape index (κ1) is 20.7. The molecule has 1 amide bonds. The summed E-state index contributed by atoms with van der Waals surface area (Å²) in [7, 11) is 0. The fourth-order valence-corrected chi connectivity index (χ4v) is 3.50. The van der Waals surface area contributed by atoms with Gasteiger partial charge in [-0.3, -0.25) is 9.80 Å². The Morgan fingerprint density at radius 3 is 2.54 bits per heavy atom. The number of nitrogens with zero attached hydrogens (tertiary/aromatic N) is 3. The molecule has 0 aliphatic carbocycles. The lowest BCUT2D eigenvalue weighted by Gasteiger charge is -2.31. The molecular formula is C21H35N3O2. The number of anilines is 1. The average Bonchev–Trinajstić information content (AvgIpc) is 3.03. The summed E-state index contributed by atoms with van der Waals surface area (Å²) in [6.45, 7) is 15.4. The first-order valence-electron chi connectivity index (χ1n) is 9.88. The third-order valence-corrected chi connectivity index (χ3v) is 4.98. The lowest BCUT2D eigenvalue weighted by molar-refractivity contribution is 0.0566. The van der Waals surface area contributed by atoms with Crippen molar-refractivity contribution in [2.75, 3.05) is 11.4 Å². The number of amides is 1. The van der Waals surface area contributed by atoms with E-state index in [2.05, 4.69) is 36.7 Å². The quantitative estimate of drug-likeness (QED) is 0.726. The van der Waals surface area contributed by atoms with Crippen molar-refractivity contribution in [1.82, 2.24) is 9.88 Å². The smallest absolute Gasteiger partial charge is 0.416 e. The van der Waals surface area contributed by atoms with Crippen molar-refractivity contribution in [3.05, 3.63) is 23.9 Å². The molecule has 1 saturated heterocycles. The van der Waals surface area contributed by atoms with Crippen LogP contribution in [0.15, 0.2) is 18.3 Å². The SMILES string of the molecule is CC[C@H](C)N(C(=O)OC(C)(C)C)c1ccc([C@@H]2CCCN2C(C)C)cn1. The van der Waals surface area contributed by atoms with Crippen LogP contribution in [0.1, 0.15) is 79.3 Å². The summed E-state index contributed by atoms with van der Waals surface area (Å²) in [6.07, 6.45) is 4.83. The van der Waals surface area contributed by atoms with Crippen LogP contribution in [0.2, 0.25) is 0 Å². The molecule has 1 fully saturated rings. The molecule has 26 heavy (non-hydrogen) atoms. The van der Waals surface area contributed by atoms with Gasteiger partial charge in [-0.2, -0.15) is 0 Å². The minimum atomic E-state index is -0.523. The van der Waals surface area contributed by atoms with Crippen molar-refractivity contribution in [1.29, 1.82) is 0 Å². The van der Waals surface area contributed by atoms with Gasteiger partial charge in [-0.05, 0) is 79.0 Å². The molecule has 5 heteroatoms. The molecule has 1 aliphatic rings. The van der Waals surface area contributed by atoms with Crippen LogP contribution in [0, 0.1) is 0 Å². The highest BCUT2D eigenvalue weighted by Crippen LogP contribution is 2.34. The normalized spacial score (nSPS) is 19.6. The molecule has 0 spiro atoms. The van der Waals surface area contributed by atoms with E-state index < -0.39 is 5.60 Å². The van der Waals surface area contributed by atoms with E-state index in [4.69, 9.17) is 4.74 Å². The van der Waals surface area contributed by atoms with Gasteiger partial charge in [-0.25, -0.2) is 9.78 Å². The number of carbonyl (C=O) groups excluding carboxylic acids is 1. The molecule has 0 aromatic carbocycles. The highest BCUT2D eigenvalue weighted by atomic mass is 16.6. The van der Waals surface area contributed by atoms with Crippen LogP contribution >= 0.6 is 0 Å². The van der Waals surface area contributed by atoms with Crippen LogP contribution in [0.5, 0.6) is 0 Å². The van der Waals surface area contributed by atoms with Gasteiger partial charge >= 0.3 is 6.09 Å². The molecule has 1 aromatic rings. The van der Waals surface area contributed by atoms with Crippen molar-refractivity contribution in [3.8, 4) is 0 Å². The zero-order chi connectivity index (χ0) is 19.5. The number of carbonyl (C=O) groups is 1. The molecule has 0 radical (unpaired) electrons. The largest absolute Gasteiger partial charge is 0.443 e.